The quantitative estimate of drug-likeness (QED) is 0.717. The number of amides is 1. The minimum absolute atomic E-state index is 0.184. The number of carbonyl (C=O) groups excluding carboxylic acids is 1. The molecule has 1 unspecified atom stereocenters. The molecule has 0 aromatic rings. The Bertz CT molecular complexity index is 148. The molecule has 0 rings (SSSR count). The summed E-state index contributed by atoms with van der Waals surface area (Å²) in [6.07, 6.45) is 3.79. The Hall–Kier alpha value is -0.180. The Morgan fingerprint density at radius 1 is 1.38 bits per heavy atom. The molecule has 0 aliphatic carbocycles. The van der Waals surface area contributed by atoms with Crippen LogP contribution in [0.4, 0.5) is 0 Å². The van der Waals surface area contributed by atoms with Gasteiger partial charge in [0.05, 0.1) is 0 Å². The topological polar surface area (TPSA) is 29.1 Å². The molecule has 1 N–H and O–H groups in total. The zero-order valence-electron chi connectivity index (χ0n) is 9.09. The van der Waals surface area contributed by atoms with Crippen LogP contribution in [-0.4, -0.2) is 24.0 Å². The molecule has 1 atom stereocenters. The summed E-state index contributed by atoms with van der Waals surface area (Å²) in [4.78, 5) is 11.3. The largest absolute Gasteiger partial charge is 0.354 e. The SMILES string of the molecule is CSCCC(C)NC(=O)CC(C)C. The maximum absolute atomic E-state index is 11.3. The van der Waals surface area contributed by atoms with Crippen molar-refractivity contribution in [2.75, 3.05) is 12.0 Å². The second-order valence-electron chi connectivity index (χ2n) is 3.85. The van der Waals surface area contributed by atoms with Gasteiger partial charge in [-0.25, -0.2) is 0 Å². The van der Waals surface area contributed by atoms with Crippen molar-refractivity contribution >= 4 is 17.7 Å². The van der Waals surface area contributed by atoms with Crippen molar-refractivity contribution in [3.63, 3.8) is 0 Å². The van der Waals surface area contributed by atoms with Crippen LogP contribution in [0.15, 0.2) is 0 Å². The van der Waals surface area contributed by atoms with Gasteiger partial charge in [-0.05, 0) is 31.3 Å². The molecule has 0 saturated carbocycles. The summed E-state index contributed by atoms with van der Waals surface area (Å²) in [6.45, 7) is 6.19. The van der Waals surface area contributed by atoms with Gasteiger partial charge in [-0.3, -0.25) is 4.79 Å². The van der Waals surface area contributed by atoms with Crippen LogP contribution in [0.1, 0.15) is 33.6 Å². The summed E-state index contributed by atoms with van der Waals surface area (Å²) >= 11 is 1.82. The van der Waals surface area contributed by atoms with E-state index in [9.17, 15) is 4.79 Å². The Labute approximate surface area is 85.9 Å². The van der Waals surface area contributed by atoms with E-state index < -0.39 is 0 Å². The zero-order chi connectivity index (χ0) is 10.3. The Kier molecular flexibility index (Phi) is 7.14. The Morgan fingerprint density at radius 3 is 2.46 bits per heavy atom. The Balaban J connectivity index is 3.53. The average Bonchev–Trinajstić information content (AvgIpc) is 1.98. The van der Waals surface area contributed by atoms with Gasteiger partial charge in [0.2, 0.25) is 5.91 Å². The van der Waals surface area contributed by atoms with E-state index in [0.717, 1.165) is 12.2 Å². The summed E-state index contributed by atoms with van der Waals surface area (Å²) in [5.41, 5.74) is 0. The van der Waals surface area contributed by atoms with Gasteiger partial charge in [-0.2, -0.15) is 11.8 Å². The van der Waals surface area contributed by atoms with E-state index in [1.165, 1.54) is 0 Å². The van der Waals surface area contributed by atoms with Gasteiger partial charge >= 0.3 is 0 Å². The fraction of sp³-hybridized carbons (Fsp3) is 0.900. The van der Waals surface area contributed by atoms with Gasteiger partial charge < -0.3 is 5.32 Å². The van der Waals surface area contributed by atoms with Gasteiger partial charge in [-0.15, -0.1) is 0 Å². The van der Waals surface area contributed by atoms with Crippen LogP contribution >= 0.6 is 11.8 Å². The molecule has 0 fully saturated rings. The van der Waals surface area contributed by atoms with Crippen LogP contribution in [0.3, 0.4) is 0 Å². The number of thioether (sulfide) groups is 1. The van der Waals surface area contributed by atoms with Crippen molar-refractivity contribution < 1.29 is 4.79 Å². The molecular weight excluding hydrogens is 182 g/mol. The Morgan fingerprint density at radius 2 is 2.00 bits per heavy atom. The predicted octanol–water partition coefficient (Wildman–Crippen LogP) is 2.29. The fourth-order valence-electron chi connectivity index (χ4n) is 1.07. The van der Waals surface area contributed by atoms with Crippen LogP contribution in [0, 0.1) is 5.92 Å². The van der Waals surface area contributed by atoms with Crippen molar-refractivity contribution in [2.45, 2.75) is 39.7 Å². The highest BCUT2D eigenvalue weighted by molar-refractivity contribution is 7.98. The lowest BCUT2D eigenvalue weighted by molar-refractivity contribution is -0.122. The van der Waals surface area contributed by atoms with Crippen LogP contribution in [-0.2, 0) is 4.79 Å². The summed E-state index contributed by atoms with van der Waals surface area (Å²) in [5.74, 6) is 1.75. The molecular formula is C10H21NOS. The second-order valence-corrected chi connectivity index (χ2v) is 4.83. The molecule has 0 heterocycles. The normalized spacial score (nSPS) is 13.0. The lowest BCUT2D eigenvalue weighted by Crippen LogP contribution is -2.33. The summed E-state index contributed by atoms with van der Waals surface area (Å²) in [5, 5.41) is 2.99. The van der Waals surface area contributed by atoms with Crippen LogP contribution in [0.2, 0.25) is 0 Å². The molecule has 2 nitrogen and oxygen atoms in total. The summed E-state index contributed by atoms with van der Waals surface area (Å²) in [6, 6.07) is 0.318. The van der Waals surface area contributed by atoms with Gasteiger partial charge in [0, 0.05) is 12.5 Å². The lowest BCUT2D eigenvalue weighted by Gasteiger charge is -2.13. The number of nitrogens with one attached hydrogen (secondary N) is 1. The van der Waals surface area contributed by atoms with Crippen molar-refractivity contribution in [2.24, 2.45) is 5.92 Å². The first-order valence-electron chi connectivity index (χ1n) is 4.84. The number of carbonyl (C=O) groups is 1. The third-order valence-corrected chi connectivity index (χ3v) is 2.40. The van der Waals surface area contributed by atoms with E-state index in [0.29, 0.717) is 18.4 Å². The number of rotatable bonds is 6. The van der Waals surface area contributed by atoms with Crippen molar-refractivity contribution in [3.05, 3.63) is 0 Å². The number of hydrogen-bond donors (Lipinski definition) is 1. The highest BCUT2D eigenvalue weighted by Crippen LogP contribution is 2.02. The zero-order valence-corrected chi connectivity index (χ0v) is 9.91. The molecule has 3 heteroatoms. The third-order valence-electron chi connectivity index (χ3n) is 1.76. The molecule has 0 aromatic heterocycles. The average molecular weight is 203 g/mol. The van der Waals surface area contributed by atoms with Crippen LogP contribution in [0.5, 0.6) is 0 Å². The standard InChI is InChI=1S/C10H21NOS/c1-8(2)7-10(12)11-9(3)5-6-13-4/h8-9H,5-7H2,1-4H3,(H,11,12). The maximum Gasteiger partial charge on any atom is 0.220 e. The molecule has 0 saturated heterocycles. The van der Waals surface area contributed by atoms with Crippen LogP contribution < -0.4 is 5.32 Å². The highest BCUT2D eigenvalue weighted by Gasteiger charge is 2.08. The summed E-state index contributed by atoms with van der Waals surface area (Å²) < 4.78 is 0. The lowest BCUT2D eigenvalue weighted by atomic mass is 10.1. The van der Waals surface area contributed by atoms with Gasteiger partial charge in [0.25, 0.3) is 0 Å². The van der Waals surface area contributed by atoms with Gasteiger partial charge in [0.1, 0.15) is 0 Å². The molecule has 0 radical (unpaired) electrons. The maximum atomic E-state index is 11.3. The summed E-state index contributed by atoms with van der Waals surface area (Å²) in [7, 11) is 0. The number of hydrogen-bond acceptors (Lipinski definition) is 2. The molecule has 0 aliphatic heterocycles. The van der Waals surface area contributed by atoms with Crippen molar-refractivity contribution in [3.8, 4) is 0 Å². The van der Waals surface area contributed by atoms with Crippen LogP contribution in [0.25, 0.3) is 0 Å². The van der Waals surface area contributed by atoms with E-state index in [1.807, 2.05) is 11.8 Å². The molecule has 78 valence electrons. The first-order valence-corrected chi connectivity index (χ1v) is 6.24. The predicted molar refractivity (Wildman–Crippen MR) is 60.1 cm³/mol. The van der Waals surface area contributed by atoms with Gasteiger partial charge in [0.15, 0.2) is 0 Å². The van der Waals surface area contributed by atoms with E-state index in [1.54, 1.807) is 0 Å². The smallest absolute Gasteiger partial charge is 0.220 e. The van der Waals surface area contributed by atoms with E-state index in [-0.39, 0.29) is 5.91 Å². The van der Waals surface area contributed by atoms with E-state index in [2.05, 4.69) is 32.3 Å². The van der Waals surface area contributed by atoms with Crippen molar-refractivity contribution in [1.82, 2.24) is 5.32 Å². The van der Waals surface area contributed by atoms with E-state index in [4.69, 9.17) is 0 Å². The van der Waals surface area contributed by atoms with Crippen molar-refractivity contribution in [1.29, 1.82) is 0 Å². The first-order chi connectivity index (χ1) is 6.06. The molecule has 0 aliphatic rings. The molecule has 13 heavy (non-hydrogen) atoms. The molecule has 1 amide bonds. The monoisotopic (exact) mass is 203 g/mol. The third kappa shape index (κ3) is 8.16. The molecule has 0 aromatic carbocycles. The first kappa shape index (κ1) is 12.8. The molecule has 0 spiro atoms. The fourth-order valence-corrected chi connectivity index (χ4v) is 1.66. The second kappa shape index (κ2) is 7.25. The highest BCUT2D eigenvalue weighted by atomic mass is 32.2. The molecule has 0 bridgehead atoms. The van der Waals surface area contributed by atoms with E-state index >= 15 is 0 Å². The minimum Gasteiger partial charge on any atom is -0.354 e. The minimum atomic E-state index is 0.184. The van der Waals surface area contributed by atoms with Gasteiger partial charge in [-0.1, -0.05) is 13.8 Å².